The summed E-state index contributed by atoms with van der Waals surface area (Å²) in [5.74, 6) is 0. The van der Waals surface area contributed by atoms with Crippen molar-refractivity contribution in [3.63, 3.8) is 0 Å². The van der Waals surface area contributed by atoms with Crippen LogP contribution in [0.4, 0.5) is 22.7 Å². The average Bonchev–Trinajstić information content (AvgIpc) is 3.25. The van der Waals surface area contributed by atoms with Crippen LogP contribution in [0.25, 0.3) is 10.8 Å². The number of nitrogens with one attached hydrogen (secondary N) is 2. The molecule has 0 unspecified atom stereocenters. The molecule has 0 aliphatic heterocycles. The van der Waals surface area contributed by atoms with E-state index in [0.717, 1.165) is 44.7 Å². The van der Waals surface area contributed by atoms with Gasteiger partial charge in [0.05, 0.1) is 11.4 Å². The molecule has 0 aliphatic carbocycles. The van der Waals surface area contributed by atoms with Crippen molar-refractivity contribution in [2.75, 3.05) is 10.6 Å². The maximum absolute atomic E-state index is 5.71. The predicted molar refractivity (Wildman–Crippen MR) is 255 cm³/mol. The molecule has 0 amide bonds. The molecule has 2 N–H and O–H groups in total. The molecule has 284 valence electrons. The Hall–Kier alpha value is -6.18. The fourth-order valence-corrected chi connectivity index (χ4v) is 11.6. The van der Waals surface area contributed by atoms with Crippen molar-refractivity contribution in [1.29, 1.82) is 0 Å². The van der Waals surface area contributed by atoms with Gasteiger partial charge in [0.1, 0.15) is 11.2 Å². The highest BCUT2D eigenvalue weighted by Crippen LogP contribution is 2.44. The number of para-hydroxylation sites is 2. The van der Waals surface area contributed by atoms with Crippen LogP contribution in [0.5, 0.6) is 0 Å². The first-order chi connectivity index (χ1) is 28.4. The molecule has 0 saturated carbocycles. The molecule has 58 heavy (non-hydrogen) atoms. The smallest absolute Gasteiger partial charge is 0.139 e. The van der Waals surface area contributed by atoms with Crippen molar-refractivity contribution in [2.45, 2.75) is 27.7 Å². The van der Waals surface area contributed by atoms with Gasteiger partial charge in [-0.3, -0.25) is 0 Å². The van der Waals surface area contributed by atoms with Crippen molar-refractivity contribution < 1.29 is 0 Å². The topological polar surface area (TPSA) is 48.8 Å². The first kappa shape index (κ1) is 38.7. The zero-order valence-corrected chi connectivity index (χ0v) is 35.1. The van der Waals surface area contributed by atoms with Crippen LogP contribution in [0, 0.1) is 27.7 Å². The third-order valence-corrected chi connectivity index (χ3v) is 14.8. The summed E-state index contributed by atoms with van der Waals surface area (Å²) in [7, 11) is -2.17. The molecule has 0 heterocycles. The Balaban J connectivity index is 1.39. The molecule has 8 rings (SSSR count). The number of amidine groups is 2. The normalized spacial score (nSPS) is 12.0. The largest absolute Gasteiger partial charge is 0.339 e. The van der Waals surface area contributed by atoms with Gasteiger partial charge in [-0.15, -0.1) is 0 Å². The van der Waals surface area contributed by atoms with Crippen molar-refractivity contribution in [1.82, 2.24) is 0 Å². The zero-order chi connectivity index (χ0) is 39.8. The minimum absolute atomic E-state index is 0.861. The lowest BCUT2D eigenvalue weighted by Gasteiger charge is -2.25. The monoisotopic (exact) mass is 788 g/mol. The van der Waals surface area contributed by atoms with Gasteiger partial charge in [0.2, 0.25) is 0 Å². The van der Waals surface area contributed by atoms with E-state index in [2.05, 4.69) is 232 Å². The standard InChI is InChI=1S/C52H46N4P2/c1-37-21-17-22-38(2)49(37)55-51(57(42-27-9-5-10-28-42)43-29-11-6-12-30-43)53-46-35-19-25-41-26-20-36-47(48(41)46)54-52(56-50-39(3)23-18-24-40(50)4)58(44-31-13-7-14-32-44)45-33-15-8-16-34-45/h5-36H,1-4H3,(H,53,55)(H,54,56). The molecule has 0 spiro atoms. The predicted octanol–water partition coefficient (Wildman–Crippen LogP) is 12.5. The fraction of sp³-hybridized carbons (Fsp3) is 0.0769. The number of fused-ring (bicyclic) bond motifs is 1. The molecule has 6 heteroatoms. The number of rotatable bonds is 10. The van der Waals surface area contributed by atoms with Crippen LogP contribution in [0.1, 0.15) is 22.3 Å². The molecule has 4 nitrogen and oxygen atoms in total. The molecular weight excluding hydrogens is 743 g/mol. The quantitative estimate of drug-likeness (QED) is 0.0824. The summed E-state index contributed by atoms with van der Waals surface area (Å²) >= 11 is 0. The van der Waals surface area contributed by atoms with E-state index in [4.69, 9.17) is 9.98 Å². The van der Waals surface area contributed by atoms with E-state index in [1.165, 1.54) is 43.5 Å². The van der Waals surface area contributed by atoms with Gasteiger partial charge in [-0.05, 0) is 88.7 Å². The summed E-state index contributed by atoms with van der Waals surface area (Å²) in [5, 5.41) is 14.8. The van der Waals surface area contributed by atoms with Gasteiger partial charge in [0, 0.05) is 32.6 Å². The number of nitrogens with zero attached hydrogens (tertiary/aromatic N) is 2. The number of benzene rings is 8. The molecule has 0 fully saturated rings. The van der Waals surface area contributed by atoms with E-state index in [1.807, 2.05) is 0 Å². The van der Waals surface area contributed by atoms with Gasteiger partial charge in [-0.1, -0.05) is 182 Å². The Bertz CT molecular complexity index is 2410. The van der Waals surface area contributed by atoms with E-state index in [0.29, 0.717) is 0 Å². The first-order valence-electron chi connectivity index (χ1n) is 19.6. The molecule has 0 aromatic heterocycles. The Morgan fingerprint density at radius 3 is 0.948 bits per heavy atom. The average molecular weight is 789 g/mol. The van der Waals surface area contributed by atoms with Gasteiger partial charge in [-0.25, -0.2) is 9.98 Å². The second-order valence-corrected chi connectivity index (χ2v) is 18.6. The highest BCUT2D eigenvalue weighted by molar-refractivity contribution is 7.88. The van der Waals surface area contributed by atoms with Gasteiger partial charge in [0.25, 0.3) is 0 Å². The van der Waals surface area contributed by atoms with E-state index >= 15 is 0 Å². The maximum Gasteiger partial charge on any atom is 0.139 e. The molecule has 8 aromatic carbocycles. The van der Waals surface area contributed by atoms with Crippen LogP contribution in [0.2, 0.25) is 0 Å². The number of hydrogen-bond donors (Lipinski definition) is 2. The maximum atomic E-state index is 5.71. The highest BCUT2D eigenvalue weighted by Gasteiger charge is 2.25. The highest BCUT2D eigenvalue weighted by atomic mass is 31.1. The van der Waals surface area contributed by atoms with Gasteiger partial charge in [-0.2, -0.15) is 0 Å². The summed E-state index contributed by atoms with van der Waals surface area (Å²) in [6.45, 7) is 8.64. The number of aliphatic imine (C=N–C) groups is 2. The number of aryl methyl sites for hydroxylation is 4. The van der Waals surface area contributed by atoms with Crippen LogP contribution >= 0.6 is 15.8 Å². The molecule has 8 aromatic rings. The Morgan fingerprint density at radius 2 is 0.638 bits per heavy atom. The summed E-state index contributed by atoms with van der Waals surface area (Å²) in [6, 6.07) is 68.8. The fourth-order valence-electron chi connectivity index (χ4n) is 7.33. The molecule has 0 atom stereocenters. The summed E-state index contributed by atoms with van der Waals surface area (Å²) in [6.07, 6.45) is 0. The van der Waals surface area contributed by atoms with E-state index in [-0.39, 0.29) is 0 Å². The summed E-state index contributed by atoms with van der Waals surface area (Å²) in [5.41, 5.74) is 10.4. The van der Waals surface area contributed by atoms with Crippen molar-refractivity contribution in [2.24, 2.45) is 9.98 Å². The third-order valence-electron chi connectivity index (χ3n) is 10.2. The second-order valence-electron chi connectivity index (χ2n) is 14.3. The lowest BCUT2D eigenvalue weighted by molar-refractivity contribution is 1.37. The molecule has 0 bridgehead atoms. The number of hydrogen-bond acceptors (Lipinski definition) is 2. The SMILES string of the molecule is Cc1cccc(C)c1N/C(=N/c1cccc2cccc(/N=C(\Nc3c(C)cccc3C)P(c3ccccc3)c3ccccc3)c12)P(c1ccccc1)c1ccccc1. The lowest BCUT2D eigenvalue weighted by Crippen LogP contribution is -2.24. The van der Waals surface area contributed by atoms with Crippen molar-refractivity contribution >= 4 is 81.7 Å². The van der Waals surface area contributed by atoms with Crippen molar-refractivity contribution in [3.8, 4) is 0 Å². The van der Waals surface area contributed by atoms with Gasteiger partial charge in [0.15, 0.2) is 0 Å². The van der Waals surface area contributed by atoms with E-state index < -0.39 is 15.8 Å². The van der Waals surface area contributed by atoms with Crippen LogP contribution in [0.3, 0.4) is 0 Å². The second kappa shape index (κ2) is 18.0. The molecule has 0 aliphatic rings. The van der Waals surface area contributed by atoms with Gasteiger partial charge < -0.3 is 10.6 Å². The third kappa shape index (κ3) is 8.55. The van der Waals surface area contributed by atoms with E-state index in [9.17, 15) is 0 Å². The summed E-state index contributed by atoms with van der Waals surface area (Å²) < 4.78 is 0. The Morgan fingerprint density at radius 1 is 0.345 bits per heavy atom. The van der Waals surface area contributed by atoms with Crippen LogP contribution in [-0.4, -0.2) is 11.2 Å². The minimum Gasteiger partial charge on any atom is -0.339 e. The van der Waals surface area contributed by atoms with Crippen LogP contribution in [0.15, 0.2) is 204 Å². The van der Waals surface area contributed by atoms with Gasteiger partial charge >= 0.3 is 0 Å². The van der Waals surface area contributed by atoms with Crippen molar-refractivity contribution in [3.05, 3.63) is 216 Å². The molecular formula is C52H46N4P2. The first-order valence-corrected chi connectivity index (χ1v) is 22.3. The molecule has 0 radical (unpaired) electrons. The number of anilines is 2. The molecule has 0 saturated heterocycles. The Kier molecular flexibility index (Phi) is 12.0. The Labute approximate surface area is 345 Å². The zero-order valence-electron chi connectivity index (χ0n) is 33.3. The summed E-state index contributed by atoms with van der Waals surface area (Å²) in [4.78, 5) is 11.4. The lowest BCUT2D eigenvalue weighted by atomic mass is 10.1. The minimum atomic E-state index is -1.09. The van der Waals surface area contributed by atoms with E-state index in [1.54, 1.807) is 0 Å². The van der Waals surface area contributed by atoms with Crippen LogP contribution < -0.4 is 31.9 Å². The van der Waals surface area contributed by atoms with Crippen LogP contribution in [-0.2, 0) is 0 Å².